The molecule has 0 saturated heterocycles. The summed E-state index contributed by atoms with van der Waals surface area (Å²) in [6.07, 6.45) is 5.07. The maximum atomic E-state index is 13.2. The van der Waals surface area contributed by atoms with E-state index in [1.54, 1.807) is 11.1 Å². The normalized spacial score (nSPS) is 15.0. The topological polar surface area (TPSA) is 66.6 Å². The molecule has 2 aromatic rings. The summed E-state index contributed by atoms with van der Waals surface area (Å²) in [6, 6.07) is 10.5. The van der Waals surface area contributed by atoms with E-state index in [9.17, 15) is 14.0 Å². The van der Waals surface area contributed by atoms with Gasteiger partial charge in [-0.2, -0.15) is 0 Å². The number of unbranched alkanes of at least 4 members (excludes halogenated alkanes) is 1. The van der Waals surface area contributed by atoms with Gasteiger partial charge in [0.05, 0.1) is 12.1 Å². The molecule has 2 heterocycles. The Balaban J connectivity index is 1.24. The van der Waals surface area contributed by atoms with Crippen LogP contribution in [-0.4, -0.2) is 36.3 Å². The number of amides is 1. The lowest BCUT2D eigenvalue weighted by Crippen LogP contribution is -2.34. The molecular formula is C24H28FN3O2. The smallest absolute Gasteiger partial charge is 0.231 e. The van der Waals surface area contributed by atoms with Crippen LogP contribution in [0.4, 0.5) is 10.1 Å². The summed E-state index contributed by atoms with van der Waals surface area (Å²) in [5.41, 5.74) is 4.86. The fraction of sp³-hybridized carbons (Fsp3) is 0.417. The second-order valence-corrected chi connectivity index (χ2v) is 8.26. The molecule has 2 aromatic carbocycles. The van der Waals surface area contributed by atoms with E-state index < -0.39 is 0 Å². The molecule has 2 aliphatic rings. The summed E-state index contributed by atoms with van der Waals surface area (Å²) in [4.78, 5) is 26.7. The fourth-order valence-electron chi connectivity index (χ4n) is 4.46. The minimum absolute atomic E-state index is 0.133. The standard InChI is InChI=1S/C24H28FN3O2/c25-21-7-3-5-17(13-21)9-12-27(26)10-2-1-8-22(29)19-14-18-6-4-11-28-23(30)16-20(15-19)24(18)28/h3,5,7,13-15H,1-2,4,6,8-12,16,26H2. The summed E-state index contributed by atoms with van der Waals surface area (Å²) in [5.74, 6) is 6.09. The fourth-order valence-corrected chi connectivity index (χ4v) is 4.46. The number of nitrogens with two attached hydrogens (primary N) is 1. The highest BCUT2D eigenvalue weighted by molar-refractivity contribution is 6.05. The first kappa shape index (κ1) is 20.7. The Bertz CT molecular complexity index is 959. The number of carbonyl (C=O) groups is 2. The number of nitrogens with zero attached hydrogens (tertiary/aromatic N) is 2. The van der Waals surface area contributed by atoms with Gasteiger partial charge >= 0.3 is 0 Å². The molecule has 0 aromatic heterocycles. The van der Waals surface area contributed by atoms with Crippen LogP contribution in [-0.2, 0) is 24.1 Å². The van der Waals surface area contributed by atoms with E-state index >= 15 is 0 Å². The Morgan fingerprint density at radius 3 is 2.80 bits per heavy atom. The molecule has 158 valence electrons. The van der Waals surface area contributed by atoms with Crippen LogP contribution >= 0.6 is 0 Å². The molecule has 0 atom stereocenters. The highest BCUT2D eigenvalue weighted by atomic mass is 19.1. The second kappa shape index (κ2) is 9.06. The largest absolute Gasteiger partial charge is 0.312 e. The zero-order valence-electron chi connectivity index (χ0n) is 17.2. The lowest BCUT2D eigenvalue weighted by molar-refractivity contribution is -0.117. The molecule has 0 bridgehead atoms. The highest BCUT2D eigenvalue weighted by Crippen LogP contribution is 2.37. The summed E-state index contributed by atoms with van der Waals surface area (Å²) < 4.78 is 13.2. The molecule has 6 heteroatoms. The van der Waals surface area contributed by atoms with Gasteiger partial charge < -0.3 is 4.90 Å². The van der Waals surface area contributed by atoms with E-state index in [1.165, 1.54) is 12.1 Å². The van der Waals surface area contributed by atoms with E-state index in [2.05, 4.69) is 0 Å². The van der Waals surface area contributed by atoms with Gasteiger partial charge in [0.15, 0.2) is 5.78 Å². The molecule has 0 aliphatic carbocycles. The molecule has 4 rings (SSSR count). The molecule has 0 radical (unpaired) electrons. The molecule has 5 nitrogen and oxygen atoms in total. The lowest BCUT2D eigenvalue weighted by atomic mass is 9.94. The molecule has 2 N–H and O–H groups in total. The first-order valence-electron chi connectivity index (χ1n) is 10.7. The van der Waals surface area contributed by atoms with Crippen molar-refractivity contribution in [1.82, 2.24) is 5.01 Å². The number of rotatable bonds is 9. The number of halogens is 1. The average Bonchev–Trinajstić information content (AvgIpc) is 3.06. The zero-order chi connectivity index (χ0) is 21.1. The van der Waals surface area contributed by atoms with E-state index in [0.717, 1.165) is 60.2 Å². The Kier molecular flexibility index (Phi) is 6.25. The van der Waals surface area contributed by atoms with Gasteiger partial charge in [-0.3, -0.25) is 15.4 Å². The van der Waals surface area contributed by atoms with Crippen LogP contribution in [0.3, 0.4) is 0 Å². The van der Waals surface area contributed by atoms with E-state index in [1.807, 2.05) is 23.1 Å². The maximum Gasteiger partial charge on any atom is 0.231 e. The highest BCUT2D eigenvalue weighted by Gasteiger charge is 2.32. The third-order valence-electron chi connectivity index (χ3n) is 6.01. The van der Waals surface area contributed by atoms with Crippen molar-refractivity contribution in [3.8, 4) is 0 Å². The number of benzene rings is 2. The maximum absolute atomic E-state index is 13.2. The third kappa shape index (κ3) is 4.60. The number of Topliss-reactive ketones (excluding diaryl/α,β-unsaturated/α-hetero) is 1. The van der Waals surface area contributed by atoms with Gasteiger partial charge in [-0.25, -0.2) is 9.40 Å². The van der Waals surface area contributed by atoms with Crippen LogP contribution in [0.25, 0.3) is 0 Å². The third-order valence-corrected chi connectivity index (χ3v) is 6.01. The molecule has 0 spiro atoms. The van der Waals surface area contributed by atoms with E-state index in [-0.39, 0.29) is 17.5 Å². The van der Waals surface area contributed by atoms with Crippen LogP contribution in [0.2, 0.25) is 0 Å². The van der Waals surface area contributed by atoms with Gasteiger partial charge in [-0.1, -0.05) is 12.1 Å². The lowest BCUT2D eigenvalue weighted by Gasteiger charge is -2.25. The molecule has 1 amide bonds. The van der Waals surface area contributed by atoms with Gasteiger partial charge in [0, 0.05) is 31.6 Å². The number of hydrogen-bond acceptors (Lipinski definition) is 4. The van der Waals surface area contributed by atoms with Crippen molar-refractivity contribution >= 4 is 17.4 Å². The quantitative estimate of drug-likeness (QED) is 0.298. The van der Waals surface area contributed by atoms with Crippen molar-refractivity contribution in [3.63, 3.8) is 0 Å². The van der Waals surface area contributed by atoms with Gasteiger partial charge in [-0.05, 0) is 73.1 Å². The first-order chi connectivity index (χ1) is 14.5. The van der Waals surface area contributed by atoms with Gasteiger partial charge in [0.2, 0.25) is 5.91 Å². The van der Waals surface area contributed by atoms with Gasteiger partial charge in [0.25, 0.3) is 0 Å². The summed E-state index contributed by atoms with van der Waals surface area (Å²) in [7, 11) is 0. The first-order valence-corrected chi connectivity index (χ1v) is 10.7. The SMILES string of the molecule is NN(CCCCC(=O)c1cc2c3c(c1)CC(=O)N3CCC2)CCc1cccc(F)c1. The minimum Gasteiger partial charge on any atom is -0.312 e. The Labute approximate surface area is 176 Å². The van der Waals surface area contributed by atoms with Gasteiger partial charge in [0.1, 0.15) is 5.82 Å². The van der Waals surface area contributed by atoms with Crippen LogP contribution in [0.1, 0.15) is 52.7 Å². The number of aryl methyl sites for hydroxylation is 1. The zero-order valence-corrected chi connectivity index (χ0v) is 17.2. The van der Waals surface area contributed by atoms with E-state index in [0.29, 0.717) is 32.4 Å². The monoisotopic (exact) mass is 409 g/mol. The van der Waals surface area contributed by atoms with Crippen LogP contribution in [0.15, 0.2) is 36.4 Å². The average molecular weight is 410 g/mol. The van der Waals surface area contributed by atoms with Crippen molar-refractivity contribution in [1.29, 1.82) is 0 Å². The van der Waals surface area contributed by atoms with Crippen molar-refractivity contribution in [3.05, 3.63) is 64.5 Å². The number of hydrogen-bond donors (Lipinski definition) is 1. The Hall–Kier alpha value is -2.57. The summed E-state index contributed by atoms with van der Waals surface area (Å²) in [6.45, 7) is 2.14. The molecule has 2 aliphatic heterocycles. The van der Waals surface area contributed by atoms with Crippen molar-refractivity contribution in [2.75, 3.05) is 24.5 Å². The van der Waals surface area contributed by atoms with Crippen molar-refractivity contribution in [2.45, 2.75) is 44.9 Å². The van der Waals surface area contributed by atoms with Crippen LogP contribution in [0.5, 0.6) is 0 Å². The van der Waals surface area contributed by atoms with Gasteiger partial charge in [-0.15, -0.1) is 0 Å². The molecule has 30 heavy (non-hydrogen) atoms. The van der Waals surface area contributed by atoms with Crippen molar-refractivity contribution < 1.29 is 14.0 Å². The number of anilines is 1. The Morgan fingerprint density at radius 2 is 1.97 bits per heavy atom. The summed E-state index contributed by atoms with van der Waals surface area (Å²) >= 11 is 0. The molecule has 0 fully saturated rings. The summed E-state index contributed by atoms with van der Waals surface area (Å²) in [5, 5.41) is 1.73. The minimum atomic E-state index is -0.229. The van der Waals surface area contributed by atoms with Crippen molar-refractivity contribution in [2.24, 2.45) is 5.84 Å². The number of carbonyl (C=O) groups excluding carboxylic acids is 2. The molecule has 0 saturated carbocycles. The van der Waals surface area contributed by atoms with E-state index in [4.69, 9.17) is 5.84 Å². The number of hydrazine groups is 1. The van der Waals surface area contributed by atoms with Crippen LogP contribution in [0, 0.1) is 5.82 Å². The second-order valence-electron chi connectivity index (χ2n) is 8.26. The number of ketones is 1. The predicted octanol–water partition coefficient (Wildman–Crippen LogP) is 3.43. The molecular weight excluding hydrogens is 381 g/mol. The predicted molar refractivity (Wildman–Crippen MR) is 115 cm³/mol. The van der Waals surface area contributed by atoms with Crippen LogP contribution < -0.4 is 10.7 Å². The Morgan fingerprint density at radius 1 is 1.13 bits per heavy atom. The molecule has 0 unspecified atom stereocenters.